The lowest BCUT2D eigenvalue weighted by Gasteiger charge is -2.21. The maximum absolute atomic E-state index is 13.1. The Balaban J connectivity index is 5.52. The van der Waals surface area contributed by atoms with Crippen molar-refractivity contribution in [1.82, 2.24) is 0 Å². The smallest absolute Gasteiger partial charge is 0.462 e. The highest BCUT2D eigenvalue weighted by Gasteiger charge is 2.30. The summed E-state index contributed by atoms with van der Waals surface area (Å²) in [6.45, 7) is 4.20. The Morgan fingerprint density at radius 2 is 0.491 bits per heavy atom. The summed E-state index contributed by atoms with van der Waals surface area (Å²) in [5.41, 5.74) is 0. The summed E-state index contributed by atoms with van der Waals surface area (Å²) in [6.07, 6.45) is 98.3. The number of allylic oxidation sites excluding steroid dienone is 33. The molecule has 5 unspecified atom stereocenters. The molecule has 0 aliphatic rings. The van der Waals surface area contributed by atoms with E-state index >= 15 is 0 Å². The predicted molar refractivity (Wildman–Crippen MR) is 445 cm³/mol. The summed E-state index contributed by atoms with van der Waals surface area (Å²) in [4.78, 5) is 73.1. The van der Waals surface area contributed by atoms with Crippen molar-refractivity contribution in [3.63, 3.8) is 0 Å². The van der Waals surface area contributed by atoms with Gasteiger partial charge in [-0.15, -0.1) is 0 Å². The minimum atomic E-state index is -5.02. The third-order valence-electron chi connectivity index (χ3n) is 15.8. The number of phosphoric acid groups is 2. The van der Waals surface area contributed by atoms with Crippen molar-refractivity contribution < 1.29 is 80.2 Å². The van der Waals surface area contributed by atoms with Crippen LogP contribution < -0.4 is 0 Å². The van der Waals surface area contributed by atoms with Gasteiger partial charge in [-0.3, -0.25) is 37.3 Å². The lowest BCUT2D eigenvalue weighted by atomic mass is 10.1. The van der Waals surface area contributed by atoms with E-state index in [4.69, 9.17) is 37.0 Å². The molecule has 0 heterocycles. The van der Waals surface area contributed by atoms with E-state index in [9.17, 15) is 43.2 Å². The first-order chi connectivity index (χ1) is 52.7. The highest BCUT2D eigenvalue weighted by molar-refractivity contribution is 7.47. The predicted octanol–water partition coefficient (Wildman–Crippen LogP) is 23.9. The fourth-order valence-electron chi connectivity index (χ4n) is 9.80. The molecule has 3 N–H and O–H groups in total. The quantitative estimate of drug-likeness (QED) is 0.0169. The molecule has 108 heavy (non-hydrogen) atoms. The number of carbonyl (C=O) groups excluding carboxylic acids is 4. The Labute approximate surface area is 652 Å². The van der Waals surface area contributed by atoms with Gasteiger partial charge in [-0.2, -0.15) is 0 Å². The summed E-state index contributed by atoms with van der Waals surface area (Å²) in [5, 5.41) is 10.7. The Morgan fingerprint density at radius 1 is 0.269 bits per heavy atom. The first kappa shape index (κ1) is 102. The number of phosphoric ester groups is 2. The van der Waals surface area contributed by atoms with Gasteiger partial charge in [-0.05, 0) is 167 Å². The zero-order valence-electron chi connectivity index (χ0n) is 66.4. The van der Waals surface area contributed by atoms with Crippen LogP contribution in [-0.2, 0) is 65.4 Å². The normalized spacial score (nSPS) is 14.9. The van der Waals surface area contributed by atoms with Crippen molar-refractivity contribution in [2.75, 3.05) is 39.6 Å². The molecule has 0 aromatic rings. The van der Waals surface area contributed by atoms with Gasteiger partial charge < -0.3 is 33.8 Å². The van der Waals surface area contributed by atoms with Crippen LogP contribution in [0.5, 0.6) is 0 Å². The van der Waals surface area contributed by atoms with Crippen LogP contribution in [0.4, 0.5) is 0 Å². The topological polar surface area (TPSA) is 237 Å². The van der Waals surface area contributed by atoms with Gasteiger partial charge in [0.25, 0.3) is 0 Å². The molecule has 0 fully saturated rings. The SMILES string of the molecule is CC/C=C\C/C=C\C/C=C\C/C=C\C/C=C\CCCCCC(=O)OCC(COP(=O)(O)OCC(O)COP(=O)(O)OCC(COC(=O)CCCCCCCCC/C=C\C/C=C\C/C=C\CC)OC(=O)C/C=C\C/C=C\C/C=C\C/C=C\C/C=C\CC)OC(=O)CCCCCC/C=C\C/C=C\C/C=C\C/C=C\CC. The van der Waals surface area contributed by atoms with Crippen LogP contribution in [-0.4, -0.2) is 96.7 Å². The van der Waals surface area contributed by atoms with Gasteiger partial charge in [0.2, 0.25) is 0 Å². The Morgan fingerprint density at radius 3 is 0.787 bits per heavy atom. The van der Waals surface area contributed by atoms with Crippen molar-refractivity contribution >= 4 is 39.5 Å². The van der Waals surface area contributed by atoms with Crippen LogP contribution in [0.2, 0.25) is 0 Å². The minimum absolute atomic E-state index is 0.0476. The van der Waals surface area contributed by atoms with Crippen LogP contribution in [0.25, 0.3) is 0 Å². The van der Waals surface area contributed by atoms with Gasteiger partial charge in [0.1, 0.15) is 19.3 Å². The Bertz CT molecular complexity index is 2860. The number of hydrogen-bond acceptors (Lipinski definition) is 15. The van der Waals surface area contributed by atoms with Crippen molar-refractivity contribution in [3.05, 3.63) is 207 Å². The molecule has 0 saturated heterocycles. The van der Waals surface area contributed by atoms with E-state index < -0.39 is 97.5 Å². The molecule has 5 atom stereocenters. The molecule has 0 radical (unpaired) electrons. The van der Waals surface area contributed by atoms with Gasteiger partial charge in [0.15, 0.2) is 12.2 Å². The number of aliphatic hydroxyl groups excluding tert-OH is 1. The molecule has 0 amide bonds. The minimum Gasteiger partial charge on any atom is -0.462 e. The summed E-state index contributed by atoms with van der Waals surface area (Å²) >= 11 is 0. The van der Waals surface area contributed by atoms with E-state index in [0.29, 0.717) is 25.7 Å². The number of esters is 4. The monoisotopic (exact) mass is 1540 g/mol. The third-order valence-corrected chi connectivity index (χ3v) is 17.7. The van der Waals surface area contributed by atoms with Crippen LogP contribution >= 0.6 is 15.6 Å². The third kappa shape index (κ3) is 77.8. The van der Waals surface area contributed by atoms with E-state index in [0.717, 1.165) is 193 Å². The Hall–Kier alpha value is -6.36. The highest BCUT2D eigenvalue weighted by Crippen LogP contribution is 2.45. The summed E-state index contributed by atoms with van der Waals surface area (Å²) in [5.74, 6) is -2.42. The van der Waals surface area contributed by atoms with Crippen LogP contribution in [0.1, 0.15) is 272 Å². The summed E-state index contributed by atoms with van der Waals surface area (Å²) in [6, 6.07) is 0. The lowest BCUT2D eigenvalue weighted by Crippen LogP contribution is -2.30. The molecular weight excluding hydrogens is 1400 g/mol. The molecule has 0 saturated carbocycles. The Kier molecular flexibility index (Phi) is 74.1. The molecule has 0 spiro atoms. The van der Waals surface area contributed by atoms with Crippen LogP contribution in [0.15, 0.2) is 207 Å². The van der Waals surface area contributed by atoms with Crippen molar-refractivity contribution in [2.45, 2.75) is 290 Å². The number of hydrogen-bond donors (Lipinski definition) is 3. The van der Waals surface area contributed by atoms with Crippen molar-refractivity contribution in [1.29, 1.82) is 0 Å². The second-order valence-corrected chi connectivity index (χ2v) is 28.8. The summed E-state index contributed by atoms with van der Waals surface area (Å²) < 4.78 is 68.5. The maximum atomic E-state index is 13.1. The fraction of sp³-hybridized carbons (Fsp3) is 0.573. The molecule has 0 rings (SSSR count). The average Bonchev–Trinajstić information content (AvgIpc) is 0.906. The average molecular weight is 1540 g/mol. The molecule has 608 valence electrons. The zero-order chi connectivity index (χ0) is 78.9. The first-order valence-electron chi connectivity index (χ1n) is 40.3. The first-order valence-corrected chi connectivity index (χ1v) is 43.3. The molecule has 19 heteroatoms. The van der Waals surface area contributed by atoms with E-state index in [1.807, 2.05) is 12.2 Å². The molecule has 0 aliphatic carbocycles. The van der Waals surface area contributed by atoms with E-state index in [1.165, 1.54) is 0 Å². The zero-order valence-corrected chi connectivity index (χ0v) is 68.2. The van der Waals surface area contributed by atoms with E-state index in [1.54, 1.807) is 12.2 Å². The highest BCUT2D eigenvalue weighted by atomic mass is 31.2. The van der Waals surface area contributed by atoms with Crippen molar-refractivity contribution in [3.8, 4) is 0 Å². The van der Waals surface area contributed by atoms with Gasteiger partial charge in [0.05, 0.1) is 32.8 Å². The van der Waals surface area contributed by atoms with E-state index in [2.05, 4.69) is 210 Å². The van der Waals surface area contributed by atoms with Crippen molar-refractivity contribution in [2.24, 2.45) is 0 Å². The summed E-state index contributed by atoms with van der Waals surface area (Å²) in [7, 11) is -10.0. The molecule has 0 bridgehead atoms. The van der Waals surface area contributed by atoms with Gasteiger partial charge >= 0.3 is 39.5 Å². The van der Waals surface area contributed by atoms with Gasteiger partial charge in [-0.1, -0.05) is 286 Å². The van der Waals surface area contributed by atoms with E-state index in [-0.39, 0.29) is 25.7 Å². The van der Waals surface area contributed by atoms with Crippen LogP contribution in [0, 0.1) is 0 Å². The molecule has 0 aliphatic heterocycles. The number of aliphatic hydroxyl groups is 1. The lowest BCUT2D eigenvalue weighted by molar-refractivity contribution is -0.161. The van der Waals surface area contributed by atoms with Gasteiger partial charge in [0, 0.05) is 19.3 Å². The standard InChI is InChI=1S/C89H140O17P2/c1-5-9-13-17-21-25-29-33-37-40-41-44-47-50-54-58-62-66-70-74-87(92)100-80-85(106-89(94)76-72-68-64-60-56-52-48-43-39-35-31-27-23-19-15-11-7-3)82-104-108(97,98)102-78-83(90)77-101-107(95,96)103-81-84(105-88(93)75-71-67-63-59-55-51-45-36-32-28-24-20-16-12-8-4)79-99-86(91)73-69-65-61-57-53-49-46-42-38-34-30-26-22-18-14-10-6-2/h9-16,21-28,33-39,41,44-45,48,50,52,54-55,59,67,71,83-85,90H,5-8,17-20,29-32,40,42-43,46-47,49,51,53,56-58,60-66,68-70,72-82H2,1-4H3,(H,95,96)(H,97,98)/b13-9-,14-10-,15-11-,16-12-,25-21-,26-22-,27-23-,28-24-,37-33-,38-34-,39-35-,44-41-,45-36-,52-48-,54-50-,59-55-,71-67-. The largest absolute Gasteiger partial charge is 0.472 e. The number of carbonyl (C=O) groups is 4. The molecule has 17 nitrogen and oxygen atoms in total. The molecule has 0 aromatic heterocycles. The number of ether oxygens (including phenoxy) is 4. The maximum Gasteiger partial charge on any atom is 0.472 e. The van der Waals surface area contributed by atoms with Crippen LogP contribution in [0.3, 0.4) is 0 Å². The second kappa shape index (κ2) is 78.8. The second-order valence-electron chi connectivity index (χ2n) is 25.8. The van der Waals surface area contributed by atoms with Gasteiger partial charge in [-0.25, -0.2) is 9.13 Å². The molecule has 0 aromatic carbocycles. The molecular formula is C89H140O17P2. The fourth-order valence-corrected chi connectivity index (χ4v) is 11.4. The number of rotatable bonds is 73. The number of unbranched alkanes of at least 4 members (excludes halogenated alkanes) is 14.